The van der Waals surface area contributed by atoms with Crippen LogP contribution < -0.4 is 5.32 Å². The number of azo groups is 1. The van der Waals surface area contributed by atoms with Crippen molar-refractivity contribution in [2.45, 2.75) is 20.8 Å². The minimum Gasteiger partial charge on any atom is -0.510 e. The molecular formula is C18H18N4O7S. The SMILES string of the molecule is CCOC(=O)c1sc(NC(=O)/C(N=Nc2ccc(O)cc2C(=O)O)=C(\C)O)nc1C. The number of phenolic OH excluding ortho intramolecular Hbond substituents is 1. The lowest BCUT2D eigenvalue weighted by atomic mass is 10.2. The Labute approximate surface area is 174 Å². The van der Waals surface area contributed by atoms with Crippen LogP contribution in [0.4, 0.5) is 10.8 Å². The number of carboxylic acid groups (broad SMARTS) is 1. The van der Waals surface area contributed by atoms with Gasteiger partial charge in [-0.3, -0.25) is 10.1 Å². The Hall–Kier alpha value is -3.80. The smallest absolute Gasteiger partial charge is 0.350 e. The Morgan fingerprint density at radius 2 is 1.97 bits per heavy atom. The first kappa shape index (κ1) is 22.5. The highest BCUT2D eigenvalue weighted by atomic mass is 32.1. The zero-order valence-corrected chi connectivity index (χ0v) is 17.0. The van der Waals surface area contributed by atoms with Gasteiger partial charge in [0.2, 0.25) is 0 Å². The van der Waals surface area contributed by atoms with Gasteiger partial charge in [0.1, 0.15) is 22.1 Å². The summed E-state index contributed by atoms with van der Waals surface area (Å²) in [6, 6.07) is 3.37. The highest BCUT2D eigenvalue weighted by Gasteiger charge is 2.20. The van der Waals surface area contributed by atoms with Gasteiger partial charge in [-0.1, -0.05) is 11.3 Å². The number of allylic oxidation sites excluding steroid dienone is 1. The van der Waals surface area contributed by atoms with Crippen molar-refractivity contribution in [3.63, 3.8) is 0 Å². The minimum absolute atomic E-state index is 0.0744. The molecule has 0 saturated heterocycles. The van der Waals surface area contributed by atoms with E-state index < -0.39 is 29.3 Å². The van der Waals surface area contributed by atoms with Crippen molar-refractivity contribution in [3.05, 3.63) is 45.8 Å². The number of phenols is 1. The molecule has 2 aromatic rings. The van der Waals surface area contributed by atoms with Crippen molar-refractivity contribution in [1.82, 2.24) is 4.98 Å². The number of carboxylic acids is 1. The van der Waals surface area contributed by atoms with Crippen molar-refractivity contribution in [3.8, 4) is 5.75 Å². The fourth-order valence-corrected chi connectivity index (χ4v) is 3.02. The van der Waals surface area contributed by atoms with Crippen molar-refractivity contribution >= 4 is 40.0 Å². The molecule has 0 fully saturated rings. The number of aromatic carboxylic acids is 1. The molecule has 1 heterocycles. The zero-order chi connectivity index (χ0) is 22.4. The van der Waals surface area contributed by atoms with Crippen molar-refractivity contribution in [2.24, 2.45) is 10.2 Å². The molecule has 12 heteroatoms. The summed E-state index contributed by atoms with van der Waals surface area (Å²) < 4.78 is 4.91. The van der Waals surface area contributed by atoms with Crippen LogP contribution in [-0.2, 0) is 9.53 Å². The molecule has 2 rings (SSSR count). The van der Waals surface area contributed by atoms with Gasteiger partial charge < -0.3 is 20.1 Å². The van der Waals surface area contributed by atoms with Crippen LogP contribution in [-0.4, -0.2) is 44.8 Å². The third-order valence-electron chi connectivity index (χ3n) is 3.50. The third-order valence-corrected chi connectivity index (χ3v) is 4.56. The monoisotopic (exact) mass is 434 g/mol. The van der Waals surface area contributed by atoms with Crippen LogP contribution in [0.15, 0.2) is 39.9 Å². The van der Waals surface area contributed by atoms with E-state index in [2.05, 4.69) is 20.5 Å². The number of esters is 1. The van der Waals surface area contributed by atoms with Crippen molar-refractivity contribution < 1.29 is 34.4 Å². The summed E-state index contributed by atoms with van der Waals surface area (Å²) in [6.45, 7) is 4.61. The zero-order valence-electron chi connectivity index (χ0n) is 16.2. The third kappa shape index (κ3) is 5.38. The Kier molecular flexibility index (Phi) is 7.20. The first-order valence-electron chi connectivity index (χ1n) is 8.47. The van der Waals surface area contributed by atoms with E-state index in [1.54, 1.807) is 13.8 Å². The van der Waals surface area contributed by atoms with E-state index in [-0.39, 0.29) is 33.6 Å². The fraction of sp³-hybridized carbons (Fsp3) is 0.222. The molecule has 0 saturated carbocycles. The number of amides is 1. The van der Waals surface area contributed by atoms with E-state index in [9.17, 15) is 29.7 Å². The fourth-order valence-electron chi connectivity index (χ4n) is 2.16. The summed E-state index contributed by atoms with van der Waals surface area (Å²) in [6.07, 6.45) is 0. The standard InChI is InChI=1S/C18H18N4O7S/c1-4-29-17(28)14-8(2)19-18(30-14)20-15(25)13(9(3)23)22-21-12-6-5-10(24)7-11(12)16(26)27/h5-7,23-24H,4H2,1-3H3,(H,26,27)(H,19,20,25)/b13-9-,22-21?. The number of aromatic nitrogens is 1. The maximum absolute atomic E-state index is 12.5. The predicted octanol–water partition coefficient (Wildman–Crippen LogP) is 3.54. The molecule has 0 radical (unpaired) electrons. The quantitative estimate of drug-likeness (QED) is 0.222. The number of aliphatic hydroxyl groups is 1. The van der Waals surface area contributed by atoms with E-state index in [4.69, 9.17) is 4.74 Å². The molecular weight excluding hydrogens is 416 g/mol. The number of ether oxygens (including phenoxy) is 1. The summed E-state index contributed by atoms with van der Waals surface area (Å²) in [5, 5.41) is 38.2. The first-order valence-corrected chi connectivity index (χ1v) is 9.29. The van der Waals surface area contributed by atoms with Gasteiger partial charge in [0.05, 0.1) is 17.9 Å². The van der Waals surface area contributed by atoms with Crippen LogP contribution in [0.3, 0.4) is 0 Å². The number of hydrogen-bond acceptors (Lipinski definition) is 10. The van der Waals surface area contributed by atoms with Gasteiger partial charge in [0.25, 0.3) is 5.91 Å². The number of anilines is 1. The molecule has 1 aromatic carbocycles. The molecule has 158 valence electrons. The lowest BCUT2D eigenvalue weighted by molar-refractivity contribution is -0.113. The molecule has 11 nitrogen and oxygen atoms in total. The van der Waals surface area contributed by atoms with Gasteiger partial charge in [-0.15, -0.1) is 10.2 Å². The average molecular weight is 434 g/mol. The summed E-state index contributed by atoms with van der Waals surface area (Å²) in [5.74, 6) is -3.57. The Morgan fingerprint density at radius 1 is 1.27 bits per heavy atom. The van der Waals surface area contributed by atoms with Gasteiger partial charge in [0.15, 0.2) is 10.8 Å². The van der Waals surface area contributed by atoms with Gasteiger partial charge in [-0.25, -0.2) is 14.6 Å². The number of aliphatic hydroxyl groups excluding tert-OH is 1. The molecule has 0 atom stereocenters. The second kappa shape index (κ2) is 9.60. The van der Waals surface area contributed by atoms with Crippen LogP contribution in [0.1, 0.15) is 39.6 Å². The van der Waals surface area contributed by atoms with Gasteiger partial charge in [-0.05, 0) is 39.0 Å². The first-order chi connectivity index (χ1) is 14.1. The average Bonchev–Trinajstić information content (AvgIpc) is 3.02. The van der Waals surface area contributed by atoms with E-state index in [0.717, 1.165) is 17.4 Å². The van der Waals surface area contributed by atoms with Crippen molar-refractivity contribution in [1.29, 1.82) is 0 Å². The molecule has 30 heavy (non-hydrogen) atoms. The topological polar surface area (TPSA) is 171 Å². The second-order valence-electron chi connectivity index (χ2n) is 5.75. The molecule has 0 bridgehead atoms. The molecule has 0 aliphatic heterocycles. The van der Waals surface area contributed by atoms with Gasteiger partial charge in [-0.2, -0.15) is 0 Å². The molecule has 0 unspecified atom stereocenters. The number of aromatic hydroxyl groups is 1. The number of nitrogens with one attached hydrogen (secondary N) is 1. The predicted molar refractivity (Wildman–Crippen MR) is 106 cm³/mol. The van der Waals surface area contributed by atoms with Gasteiger partial charge in [0, 0.05) is 0 Å². The number of rotatable bonds is 7. The van der Waals surface area contributed by atoms with E-state index in [1.165, 1.54) is 19.1 Å². The molecule has 0 aliphatic carbocycles. The van der Waals surface area contributed by atoms with Crippen LogP contribution in [0.5, 0.6) is 5.75 Å². The van der Waals surface area contributed by atoms with Crippen LogP contribution in [0.25, 0.3) is 0 Å². The second-order valence-corrected chi connectivity index (χ2v) is 6.75. The summed E-state index contributed by atoms with van der Waals surface area (Å²) >= 11 is 0.888. The molecule has 0 spiro atoms. The number of thiazole rings is 1. The van der Waals surface area contributed by atoms with E-state index in [0.29, 0.717) is 5.69 Å². The highest BCUT2D eigenvalue weighted by Crippen LogP contribution is 2.26. The van der Waals surface area contributed by atoms with Crippen molar-refractivity contribution in [2.75, 3.05) is 11.9 Å². The number of benzene rings is 1. The lowest BCUT2D eigenvalue weighted by Crippen LogP contribution is -2.14. The number of nitrogens with zero attached hydrogens (tertiary/aromatic N) is 3. The largest absolute Gasteiger partial charge is 0.510 e. The summed E-state index contributed by atoms with van der Waals surface area (Å²) in [7, 11) is 0. The Balaban J connectivity index is 2.26. The summed E-state index contributed by atoms with van der Waals surface area (Å²) in [5.41, 5.74) is -0.618. The highest BCUT2D eigenvalue weighted by molar-refractivity contribution is 7.17. The van der Waals surface area contributed by atoms with Crippen LogP contribution >= 0.6 is 11.3 Å². The number of aryl methyl sites for hydroxylation is 1. The molecule has 1 aromatic heterocycles. The molecule has 0 aliphatic rings. The maximum atomic E-state index is 12.5. The molecule has 1 amide bonds. The number of carbonyl (C=O) groups excluding carboxylic acids is 2. The Bertz CT molecular complexity index is 1050. The summed E-state index contributed by atoms with van der Waals surface area (Å²) in [4.78, 5) is 39.9. The number of carbonyl (C=O) groups is 3. The minimum atomic E-state index is -1.36. The van der Waals surface area contributed by atoms with Gasteiger partial charge >= 0.3 is 11.9 Å². The van der Waals surface area contributed by atoms with Crippen LogP contribution in [0.2, 0.25) is 0 Å². The lowest BCUT2D eigenvalue weighted by Gasteiger charge is -2.04. The number of hydrogen-bond donors (Lipinski definition) is 4. The molecule has 4 N–H and O–H groups in total. The normalized spacial score (nSPS) is 11.8. The van der Waals surface area contributed by atoms with E-state index in [1.807, 2.05) is 0 Å². The maximum Gasteiger partial charge on any atom is 0.350 e. The van der Waals surface area contributed by atoms with E-state index >= 15 is 0 Å². The Morgan fingerprint density at radius 3 is 2.57 bits per heavy atom. The van der Waals surface area contributed by atoms with Crippen LogP contribution in [0, 0.1) is 6.92 Å².